The van der Waals surface area contributed by atoms with Gasteiger partial charge in [0.25, 0.3) is 0 Å². The van der Waals surface area contributed by atoms with Crippen LogP contribution in [0.5, 0.6) is 5.75 Å². The van der Waals surface area contributed by atoms with Crippen molar-refractivity contribution in [2.24, 2.45) is 0 Å². The lowest BCUT2D eigenvalue weighted by atomic mass is 9.88. The van der Waals surface area contributed by atoms with E-state index in [1.54, 1.807) is 0 Å². The molecule has 0 spiro atoms. The molecule has 0 aromatic heterocycles. The predicted molar refractivity (Wildman–Crippen MR) is 205 cm³/mol. The van der Waals surface area contributed by atoms with Crippen LogP contribution in [-0.4, -0.2) is 6.10 Å². The molecule has 0 bridgehead atoms. The van der Waals surface area contributed by atoms with Crippen molar-refractivity contribution in [1.29, 1.82) is 0 Å². The molecule has 1 aliphatic carbocycles. The topological polar surface area (TPSA) is 15.7 Å². The van der Waals surface area contributed by atoms with E-state index in [0.29, 0.717) is 0 Å². The van der Waals surface area contributed by atoms with Gasteiger partial charge in [-0.2, -0.15) is 0 Å². The van der Waals surface area contributed by atoms with Gasteiger partial charge in [-0.1, -0.05) is 91.0 Å². The number of para-hydroxylation sites is 4. The van der Waals surface area contributed by atoms with Crippen LogP contribution in [0.15, 0.2) is 158 Å². The molecule has 7 aromatic rings. The van der Waals surface area contributed by atoms with Gasteiger partial charge in [0.1, 0.15) is 11.9 Å². The van der Waals surface area contributed by atoms with Gasteiger partial charge < -0.3 is 14.5 Å². The lowest BCUT2D eigenvalue weighted by Crippen LogP contribution is -2.34. The highest BCUT2D eigenvalue weighted by Crippen LogP contribution is 2.45. The Labute approximate surface area is 287 Å². The second-order valence-electron chi connectivity index (χ2n) is 13.1. The minimum absolute atomic E-state index is 0.0505. The Hall–Kier alpha value is -6.06. The van der Waals surface area contributed by atoms with Crippen LogP contribution in [0.25, 0.3) is 22.9 Å². The van der Waals surface area contributed by atoms with Crippen molar-refractivity contribution in [2.75, 3.05) is 9.80 Å². The van der Waals surface area contributed by atoms with E-state index in [0.717, 1.165) is 28.5 Å². The van der Waals surface area contributed by atoms with Gasteiger partial charge in [-0.15, -0.1) is 0 Å². The zero-order valence-corrected chi connectivity index (χ0v) is 27.6. The molecule has 1 heterocycles. The number of rotatable bonds is 6. The number of fused-ring (bicyclic) bond motifs is 5. The highest BCUT2D eigenvalue weighted by Gasteiger charge is 2.33. The number of nitrogens with zero attached hydrogens (tertiary/aromatic N) is 2. The maximum atomic E-state index is 6.74. The van der Waals surface area contributed by atoms with Crippen LogP contribution >= 0.6 is 0 Å². The molecule has 0 saturated carbocycles. The summed E-state index contributed by atoms with van der Waals surface area (Å²) in [5.41, 5.74) is 10.6. The fourth-order valence-electron chi connectivity index (χ4n) is 7.51. The van der Waals surface area contributed by atoms with Gasteiger partial charge in [0.2, 0.25) is 0 Å². The summed E-state index contributed by atoms with van der Waals surface area (Å²) in [6.45, 7) is 4.34. The van der Waals surface area contributed by atoms with Crippen LogP contribution in [0.1, 0.15) is 22.6 Å². The largest absolute Gasteiger partial charge is 0.485 e. The molecule has 2 atom stereocenters. The monoisotopic (exact) mass is 632 g/mol. The van der Waals surface area contributed by atoms with Gasteiger partial charge in [0.15, 0.2) is 0 Å². The molecule has 0 N–H and O–H groups in total. The van der Waals surface area contributed by atoms with E-state index in [1.807, 2.05) is 0 Å². The molecule has 0 saturated heterocycles. The molecule has 3 nitrogen and oxygen atoms in total. The Morgan fingerprint density at radius 2 is 1.02 bits per heavy atom. The summed E-state index contributed by atoms with van der Waals surface area (Å²) in [5.74, 6) is 1.14. The van der Waals surface area contributed by atoms with E-state index in [9.17, 15) is 0 Å². The first-order chi connectivity index (χ1) is 24.1. The quantitative estimate of drug-likeness (QED) is 0.181. The number of hydrogen-bond donors (Lipinski definition) is 0. The fourth-order valence-corrected chi connectivity index (χ4v) is 7.51. The van der Waals surface area contributed by atoms with Crippen molar-refractivity contribution < 1.29 is 4.74 Å². The Morgan fingerprint density at radius 1 is 0.449 bits per heavy atom. The Kier molecular flexibility index (Phi) is 7.05. The van der Waals surface area contributed by atoms with E-state index >= 15 is 0 Å². The third-order valence-corrected chi connectivity index (χ3v) is 9.96. The fraction of sp³-hybridized carbons (Fsp3) is 0.0870. The molecule has 2 unspecified atom stereocenters. The Bertz CT molecular complexity index is 2470. The number of hydrogen-bond acceptors (Lipinski definition) is 3. The number of anilines is 6. The summed E-state index contributed by atoms with van der Waals surface area (Å²) < 4.78 is 6.74. The van der Waals surface area contributed by atoms with Crippen LogP contribution in [0.2, 0.25) is 0 Å². The van der Waals surface area contributed by atoms with Crippen molar-refractivity contribution >= 4 is 57.0 Å². The molecule has 3 heteroatoms. The Morgan fingerprint density at radius 3 is 1.65 bits per heavy atom. The average molecular weight is 633 g/mol. The number of ether oxygens (including phenoxy) is 1. The van der Waals surface area contributed by atoms with E-state index in [4.69, 9.17) is 4.74 Å². The van der Waals surface area contributed by atoms with Crippen LogP contribution in [0.4, 0.5) is 34.1 Å². The highest BCUT2D eigenvalue weighted by atomic mass is 16.5. The molecule has 7 aromatic carbocycles. The van der Waals surface area contributed by atoms with Gasteiger partial charge in [0.05, 0.1) is 0 Å². The van der Waals surface area contributed by atoms with Gasteiger partial charge in [-0.3, -0.25) is 0 Å². The lowest BCUT2D eigenvalue weighted by Gasteiger charge is -2.27. The standard InChI is InChI=1S/C46H36N2O/c1-31-13-9-11-19-43(31)47(37-15-5-3-6-16-37)39-23-21-33-27-41-42-28-34-22-24-40(26-36(34)30-46(42)49-45(41)29-35(33)25-39)48(38-17-7-4-8-18-38)44-20-12-10-14-32(44)2/h3-30,41,45H,1-2H3. The third kappa shape index (κ3) is 5.15. The van der Waals surface area contributed by atoms with Crippen LogP contribution in [-0.2, 0) is 0 Å². The third-order valence-electron chi connectivity index (χ3n) is 9.96. The Balaban J connectivity index is 1.09. The molecule has 9 rings (SSSR count). The summed E-state index contributed by atoms with van der Waals surface area (Å²) in [5, 5.41) is 4.83. The summed E-state index contributed by atoms with van der Waals surface area (Å²) in [7, 11) is 0. The van der Waals surface area contributed by atoms with Crippen molar-refractivity contribution in [3.05, 3.63) is 185 Å². The van der Waals surface area contributed by atoms with E-state index in [-0.39, 0.29) is 12.0 Å². The summed E-state index contributed by atoms with van der Waals surface area (Å²) in [4.78, 5) is 4.69. The lowest BCUT2D eigenvalue weighted by molar-refractivity contribution is 0.288. The number of benzene rings is 7. The number of aryl methyl sites for hydroxylation is 2. The maximum Gasteiger partial charge on any atom is 0.128 e. The first-order valence-electron chi connectivity index (χ1n) is 17.0. The molecule has 0 fully saturated rings. The first-order valence-corrected chi connectivity index (χ1v) is 17.0. The zero-order chi connectivity index (χ0) is 32.9. The first kappa shape index (κ1) is 29.1. The maximum absolute atomic E-state index is 6.74. The van der Waals surface area contributed by atoms with E-state index in [2.05, 4.69) is 194 Å². The SMILES string of the molecule is Cc1ccccc1N(c1ccccc1)c1ccc2c(c1)=CC1Oc3cc4cc(N(c5ccccc5)c5ccccc5C)ccc4cc3C1C=2. The average Bonchev–Trinajstić information content (AvgIpc) is 3.48. The van der Waals surface area contributed by atoms with Crippen LogP contribution < -0.4 is 25.0 Å². The minimum Gasteiger partial charge on any atom is -0.485 e. The summed E-state index contributed by atoms with van der Waals surface area (Å²) in [6.07, 6.45) is 4.66. The molecule has 0 radical (unpaired) electrons. The van der Waals surface area contributed by atoms with Gasteiger partial charge in [0, 0.05) is 45.6 Å². The van der Waals surface area contributed by atoms with Crippen molar-refractivity contribution in [3.8, 4) is 5.75 Å². The molecule has 2 aliphatic rings. The normalized spacial score (nSPS) is 15.6. The molecule has 49 heavy (non-hydrogen) atoms. The second kappa shape index (κ2) is 11.9. The minimum atomic E-state index is -0.0505. The van der Waals surface area contributed by atoms with E-state index in [1.165, 1.54) is 49.3 Å². The second-order valence-corrected chi connectivity index (χ2v) is 13.1. The molecule has 1 aliphatic heterocycles. The van der Waals surface area contributed by atoms with Crippen molar-refractivity contribution in [2.45, 2.75) is 25.9 Å². The van der Waals surface area contributed by atoms with E-state index < -0.39 is 0 Å². The van der Waals surface area contributed by atoms with Crippen LogP contribution in [0, 0.1) is 13.8 Å². The molecule has 0 amide bonds. The zero-order valence-electron chi connectivity index (χ0n) is 27.6. The smallest absolute Gasteiger partial charge is 0.128 e. The molecular formula is C46H36N2O. The van der Waals surface area contributed by atoms with Crippen molar-refractivity contribution in [3.63, 3.8) is 0 Å². The summed E-state index contributed by atoms with van der Waals surface area (Å²) in [6, 6.07) is 56.5. The highest BCUT2D eigenvalue weighted by molar-refractivity contribution is 5.92. The van der Waals surface area contributed by atoms with Crippen LogP contribution in [0.3, 0.4) is 0 Å². The van der Waals surface area contributed by atoms with Gasteiger partial charge in [-0.05, 0) is 125 Å². The van der Waals surface area contributed by atoms with Gasteiger partial charge in [-0.25, -0.2) is 0 Å². The van der Waals surface area contributed by atoms with Gasteiger partial charge >= 0.3 is 0 Å². The molecular weight excluding hydrogens is 597 g/mol. The predicted octanol–water partition coefficient (Wildman–Crippen LogP) is 10.5. The summed E-state index contributed by atoms with van der Waals surface area (Å²) >= 11 is 0. The van der Waals surface area contributed by atoms with Crippen molar-refractivity contribution in [1.82, 2.24) is 0 Å². The molecule has 236 valence electrons.